The number of carbonyl (C=O) groups is 2. The molecule has 1 aliphatic heterocycles. The van der Waals surface area contributed by atoms with Gasteiger partial charge in [-0.05, 0) is 31.5 Å². The van der Waals surface area contributed by atoms with Crippen molar-refractivity contribution in [3.63, 3.8) is 0 Å². The van der Waals surface area contributed by atoms with Crippen LogP contribution < -0.4 is 20.7 Å². The lowest BCUT2D eigenvalue weighted by molar-refractivity contribution is -0.127. The summed E-state index contributed by atoms with van der Waals surface area (Å²) >= 11 is 0. The minimum absolute atomic E-state index is 0.0204. The number of ether oxygens (including phenoxy) is 1. The van der Waals surface area contributed by atoms with E-state index in [1.165, 1.54) is 0 Å². The molecule has 0 bridgehead atoms. The van der Waals surface area contributed by atoms with Crippen molar-refractivity contribution >= 4 is 11.8 Å². The maximum Gasteiger partial charge on any atom is 0.258 e. The zero-order valence-electron chi connectivity index (χ0n) is 11.9. The van der Waals surface area contributed by atoms with Crippen LogP contribution in [0.1, 0.15) is 12.8 Å². The van der Waals surface area contributed by atoms with Crippen LogP contribution in [0.2, 0.25) is 0 Å². The second kappa shape index (κ2) is 8.26. The van der Waals surface area contributed by atoms with E-state index >= 15 is 0 Å². The van der Waals surface area contributed by atoms with Crippen LogP contribution in [0.25, 0.3) is 0 Å². The molecule has 1 aromatic rings. The molecule has 1 fully saturated rings. The van der Waals surface area contributed by atoms with E-state index in [1.54, 1.807) is 12.1 Å². The molecule has 6 nitrogen and oxygen atoms in total. The van der Waals surface area contributed by atoms with Crippen LogP contribution in [0.3, 0.4) is 0 Å². The number of piperidine rings is 1. The second-order valence-electron chi connectivity index (χ2n) is 4.99. The van der Waals surface area contributed by atoms with Gasteiger partial charge in [-0.3, -0.25) is 9.59 Å². The average Bonchev–Trinajstić information content (AvgIpc) is 2.53. The monoisotopic (exact) mass is 291 g/mol. The van der Waals surface area contributed by atoms with Crippen LogP contribution in [-0.2, 0) is 9.59 Å². The van der Waals surface area contributed by atoms with Crippen LogP contribution in [0.5, 0.6) is 5.75 Å². The van der Waals surface area contributed by atoms with E-state index in [1.807, 2.05) is 18.2 Å². The molecule has 0 saturated carbocycles. The van der Waals surface area contributed by atoms with Gasteiger partial charge in [-0.15, -0.1) is 0 Å². The van der Waals surface area contributed by atoms with Gasteiger partial charge in [0.2, 0.25) is 5.91 Å². The van der Waals surface area contributed by atoms with Gasteiger partial charge in [0.25, 0.3) is 5.91 Å². The van der Waals surface area contributed by atoms with Gasteiger partial charge in [-0.25, -0.2) is 0 Å². The Hall–Kier alpha value is -2.08. The van der Waals surface area contributed by atoms with Crippen molar-refractivity contribution in [3.8, 4) is 5.75 Å². The van der Waals surface area contributed by atoms with E-state index in [-0.39, 0.29) is 31.0 Å². The fourth-order valence-electron chi connectivity index (χ4n) is 2.15. The van der Waals surface area contributed by atoms with Crippen LogP contribution >= 0.6 is 0 Å². The Labute approximate surface area is 124 Å². The van der Waals surface area contributed by atoms with Crippen molar-refractivity contribution in [2.45, 2.75) is 18.9 Å². The van der Waals surface area contributed by atoms with Gasteiger partial charge < -0.3 is 20.7 Å². The van der Waals surface area contributed by atoms with Crippen LogP contribution in [-0.4, -0.2) is 44.1 Å². The first-order chi connectivity index (χ1) is 10.2. The smallest absolute Gasteiger partial charge is 0.258 e. The normalized spacial score (nSPS) is 17.8. The van der Waals surface area contributed by atoms with Gasteiger partial charge in [0, 0.05) is 12.6 Å². The van der Waals surface area contributed by atoms with Gasteiger partial charge in [0.1, 0.15) is 5.75 Å². The maximum atomic E-state index is 11.7. The molecule has 1 aliphatic rings. The Balaban J connectivity index is 1.60. The zero-order chi connectivity index (χ0) is 14.9. The molecule has 1 heterocycles. The largest absolute Gasteiger partial charge is 0.484 e. The number of rotatable bonds is 6. The first kappa shape index (κ1) is 15.3. The first-order valence-electron chi connectivity index (χ1n) is 7.18. The molecule has 0 aliphatic carbocycles. The molecule has 114 valence electrons. The zero-order valence-corrected chi connectivity index (χ0v) is 11.9. The van der Waals surface area contributed by atoms with Gasteiger partial charge in [-0.2, -0.15) is 0 Å². The second-order valence-corrected chi connectivity index (χ2v) is 4.99. The summed E-state index contributed by atoms with van der Waals surface area (Å²) < 4.78 is 5.30. The minimum Gasteiger partial charge on any atom is -0.484 e. The highest BCUT2D eigenvalue weighted by Crippen LogP contribution is 2.07. The third-order valence-corrected chi connectivity index (χ3v) is 3.22. The van der Waals surface area contributed by atoms with E-state index in [0.29, 0.717) is 5.75 Å². The van der Waals surface area contributed by atoms with Crippen molar-refractivity contribution in [2.24, 2.45) is 0 Å². The third-order valence-electron chi connectivity index (χ3n) is 3.22. The SMILES string of the molecule is O=C(COc1ccccc1)NCC(=O)N[C@H]1CCCNC1. The fraction of sp³-hybridized carbons (Fsp3) is 0.467. The van der Waals surface area contributed by atoms with Crippen LogP contribution in [0, 0.1) is 0 Å². The van der Waals surface area contributed by atoms with Gasteiger partial charge >= 0.3 is 0 Å². The summed E-state index contributed by atoms with van der Waals surface area (Å²) in [5, 5.41) is 8.66. The van der Waals surface area contributed by atoms with E-state index in [9.17, 15) is 9.59 Å². The Morgan fingerprint density at radius 1 is 1.24 bits per heavy atom. The summed E-state index contributed by atoms with van der Waals surface area (Å²) in [6.07, 6.45) is 2.03. The molecule has 1 atom stereocenters. The molecular formula is C15H21N3O3. The summed E-state index contributed by atoms with van der Waals surface area (Å²) in [6, 6.07) is 9.24. The lowest BCUT2D eigenvalue weighted by Gasteiger charge is -2.23. The van der Waals surface area contributed by atoms with Crippen molar-refractivity contribution < 1.29 is 14.3 Å². The Kier molecular flexibility index (Phi) is 6.02. The Morgan fingerprint density at radius 3 is 2.76 bits per heavy atom. The molecule has 1 saturated heterocycles. The molecule has 6 heteroatoms. The molecule has 1 aromatic carbocycles. The number of carbonyl (C=O) groups excluding carboxylic acids is 2. The van der Waals surface area contributed by atoms with Gasteiger partial charge in [-0.1, -0.05) is 18.2 Å². The first-order valence-corrected chi connectivity index (χ1v) is 7.18. The number of hydrogen-bond donors (Lipinski definition) is 3. The molecular weight excluding hydrogens is 270 g/mol. The molecule has 21 heavy (non-hydrogen) atoms. The summed E-state index contributed by atoms with van der Waals surface area (Å²) in [6.45, 7) is 1.67. The highest BCUT2D eigenvalue weighted by molar-refractivity contribution is 5.85. The molecule has 2 rings (SSSR count). The average molecular weight is 291 g/mol. The third kappa shape index (κ3) is 5.83. The highest BCUT2D eigenvalue weighted by atomic mass is 16.5. The van der Waals surface area contributed by atoms with Crippen molar-refractivity contribution in [1.29, 1.82) is 0 Å². The predicted molar refractivity (Wildman–Crippen MR) is 79.0 cm³/mol. The Bertz CT molecular complexity index is 458. The van der Waals surface area contributed by atoms with E-state index in [4.69, 9.17) is 4.74 Å². The lowest BCUT2D eigenvalue weighted by Crippen LogP contribution is -2.48. The summed E-state index contributed by atoms with van der Waals surface area (Å²) in [4.78, 5) is 23.3. The minimum atomic E-state index is -0.309. The number of amides is 2. The predicted octanol–water partition coefficient (Wildman–Crippen LogP) is 0.0498. The maximum absolute atomic E-state index is 11.7. The standard InChI is InChI=1S/C15H21N3O3/c19-14(18-12-5-4-8-16-9-12)10-17-15(20)11-21-13-6-2-1-3-7-13/h1-3,6-7,12,16H,4-5,8-11H2,(H,17,20)(H,18,19)/t12-/m0/s1. The summed E-state index contributed by atoms with van der Waals surface area (Å²) in [5.74, 6) is 0.151. The number of nitrogens with one attached hydrogen (secondary N) is 3. The van der Waals surface area contributed by atoms with Crippen molar-refractivity contribution in [3.05, 3.63) is 30.3 Å². The molecule has 3 N–H and O–H groups in total. The van der Waals surface area contributed by atoms with Crippen LogP contribution in [0.4, 0.5) is 0 Å². The van der Waals surface area contributed by atoms with E-state index < -0.39 is 0 Å². The lowest BCUT2D eigenvalue weighted by atomic mass is 10.1. The molecule has 0 unspecified atom stereocenters. The summed E-state index contributed by atoms with van der Waals surface area (Å²) in [7, 11) is 0. The van der Waals surface area contributed by atoms with Crippen molar-refractivity contribution in [1.82, 2.24) is 16.0 Å². The topological polar surface area (TPSA) is 79.5 Å². The van der Waals surface area contributed by atoms with E-state index in [0.717, 1.165) is 25.9 Å². The fourth-order valence-corrected chi connectivity index (χ4v) is 2.15. The van der Waals surface area contributed by atoms with Crippen molar-refractivity contribution in [2.75, 3.05) is 26.2 Å². The number of benzene rings is 1. The Morgan fingerprint density at radius 2 is 2.05 bits per heavy atom. The summed E-state index contributed by atoms with van der Waals surface area (Å²) in [5.41, 5.74) is 0. The number of para-hydroxylation sites is 1. The van der Waals surface area contributed by atoms with Gasteiger partial charge in [0.15, 0.2) is 6.61 Å². The highest BCUT2D eigenvalue weighted by Gasteiger charge is 2.15. The van der Waals surface area contributed by atoms with Crippen LogP contribution in [0.15, 0.2) is 30.3 Å². The van der Waals surface area contributed by atoms with E-state index in [2.05, 4.69) is 16.0 Å². The number of hydrogen-bond acceptors (Lipinski definition) is 4. The molecule has 2 amide bonds. The molecule has 0 aromatic heterocycles. The quantitative estimate of drug-likeness (QED) is 0.692. The molecule has 0 spiro atoms. The van der Waals surface area contributed by atoms with Gasteiger partial charge in [0.05, 0.1) is 6.54 Å². The molecule has 0 radical (unpaired) electrons.